The molecule has 2 aromatic heterocycles. The van der Waals surface area contributed by atoms with Crippen LogP contribution in [0.15, 0.2) is 30.3 Å². The number of fused-ring (bicyclic) bond motifs is 3. The Morgan fingerprint density at radius 3 is 2.69 bits per heavy atom. The second-order valence-electron chi connectivity index (χ2n) is 8.14. The lowest BCUT2D eigenvalue weighted by atomic mass is 9.95. The van der Waals surface area contributed by atoms with Crippen LogP contribution in [0.5, 0.6) is 0 Å². The van der Waals surface area contributed by atoms with Gasteiger partial charge in [0.05, 0.1) is 4.34 Å². The number of aromatic amines is 1. The first-order valence-electron chi connectivity index (χ1n) is 10.6. The van der Waals surface area contributed by atoms with Gasteiger partial charge in [0.25, 0.3) is 5.91 Å². The number of carbonyl (C=O) groups is 1. The molecule has 2 aliphatic rings. The fraction of sp³-hybridized carbons (Fsp3) is 0.435. The lowest BCUT2D eigenvalue weighted by Gasteiger charge is -2.34. The van der Waals surface area contributed by atoms with Crippen molar-refractivity contribution in [3.63, 3.8) is 0 Å². The second-order valence-corrected chi connectivity index (χ2v) is 9.94. The van der Waals surface area contributed by atoms with Gasteiger partial charge in [-0.2, -0.15) is 0 Å². The van der Waals surface area contributed by atoms with Crippen LogP contribution in [-0.4, -0.2) is 53.4 Å². The largest absolute Gasteiger partial charge is 0.358 e. The highest BCUT2D eigenvalue weighted by Crippen LogP contribution is 2.30. The van der Waals surface area contributed by atoms with Crippen molar-refractivity contribution in [2.24, 2.45) is 0 Å². The van der Waals surface area contributed by atoms with E-state index in [1.807, 2.05) is 17.0 Å². The summed E-state index contributed by atoms with van der Waals surface area (Å²) in [5, 5.41) is 1.25. The molecule has 3 aromatic rings. The van der Waals surface area contributed by atoms with Gasteiger partial charge in [0.15, 0.2) is 0 Å². The molecule has 1 aliphatic carbocycles. The fourth-order valence-corrected chi connectivity index (χ4v) is 5.73. The summed E-state index contributed by atoms with van der Waals surface area (Å²) >= 11 is 7.68. The molecule has 0 unspecified atom stereocenters. The number of hydrogen-bond donors (Lipinski definition) is 1. The van der Waals surface area contributed by atoms with Gasteiger partial charge in [-0.3, -0.25) is 9.69 Å². The standard InChI is InChI=1S/C23H26ClN3OS/c24-22-8-6-17(29-22)9-10-26-11-13-27(14-12-26)23(28)16-5-7-21-19(15-16)18-3-1-2-4-20(18)25-21/h5-8,15,25H,1-4,9-14H2. The van der Waals surface area contributed by atoms with Crippen LogP contribution in [0.1, 0.15) is 39.3 Å². The molecular formula is C23H26ClN3OS. The Balaban J connectivity index is 1.22. The first kappa shape index (κ1) is 19.2. The molecule has 1 saturated heterocycles. The van der Waals surface area contributed by atoms with E-state index in [0.717, 1.165) is 61.9 Å². The Morgan fingerprint density at radius 1 is 1.07 bits per heavy atom. The van der Waals surface area contributed by atoms with E-state index in [4.69, 9.17) is 11.6 Å². The van der Waals surface area contributed by atoms with Crippen LogP contribution in [-0.2, 0) is 19.3 Å². The van der Waals surface area contributed by atoms with Crippen LogP contribution in [0.4, 0.5) is 0 Å². The summed E-state index contributed by atoms with van der Waals surface area (Å²) in [6, 6.07) is 10.3. The SMILES string of the molecule is O=C(c1ccc2[nH]c3c(c2c1)CCCC3)N1CCN(CCc2ccc(Cl)s2)CC1. The minimum absolute atomic E-state index is 0.169. The normalized spacial score (nSPS) is 17.6. The number of benzene rings is 1. The van der Waals surface area contributed by atoms with Crippen LogP contribution >= 0.6 is 22.9 Å². The highest BCUT2D eigenvalue weighted by molar-refractivity contribution is 7.16. The molecule has 1 amide bonds. The summed E-state index contributed by atoms with van der Waals surface area (Å²) < 4.78 is 0.857. The van der Waals surface area contributed by atoms with Crippen molar-refractivity contribution >= 4 is 39.7 Å². The van der Waals surface area contributed by atoms with Gasteiger partial charge in [0, 0.05) is 59.8 Å². The molecule has 0 atom stereocenters. The third kappa shape index (κ3) is 3.96. The van der Waals surface area contributed by atoms with Gasteiger partial charge in [0.1, 0.15) is 0 Å². The zero-order chi connectivity index (χ0) is 19.8. The first-order valence-corrected chi connectivity index (χ1v) is 11.8. The molecule has 152 valence electrons. The minimum Gasteiger partial charge on any atom is -0.358 e. The Bertz CT molecular complexity index is 1030. The number of nitrogens with zero attached hydrogens (tertiary/aromatic N) is 2. The lowest BCUT2D eigenvalue weighted by Crippen LogP contribution is -2.49. The number of aromatic nitrogens is 1. The Hall–Kier alpha value is -1.82. The number of rotatable bonds is 4. The average molecular weight is 428 g/mol. The van der Waals surface area contributed by atoms with Gasteiger partial charge < -0.3 is 9.88 Å². The number of nitrogens with one attached hydrogen (secondary N) is 1. The number of H-pyrrole nitrogens is 1. The lowest BCUT2D eigenvalue weighted by molar-refractivity contribution is 0.0639. The Morgan fingerprint density at radius 2 is 1.90 bits per heavy atom. The maximum Gasteiger partial charge on any atom is 0.253 e. The molecule has 29 heavy (non-hydrogen) atoms. The smallest absolute Gasteiger partial charge is 0.253 e. The summed E-state index contributed by atoms with van der Waals surface area (Å²) in [4.78, 5) is 22.5. The summed E-state index contributed by atoms with van der Waals surface area (Å²) in [5.41, 5.74) is 4.80. The number of amides is 1. The van der Waals surface area contributed by atoms with E-state index in [9.17, 15) is 4.79 Å². The predicted molar refractivity (Wildman–Crippen MR) is 120 cm³/mol. The van der Waals surface area contributed by atoms with E-state index in [-0.39, 0.29) is 5.91 Å². The van der Waals surface area contributed by atoms with E-state index in [1.54, 1.807) is 11.3 Å². The highest BCUT2D eigenvalue weighted by atomic mass is 35.5. The molecule has 6 heteroatoms. The van der Waals surface area contributed by atoms with Gasteiger partial charge in [0.2, 0.25) is 0 Å². The molecule has 0 bridgehead atoms. The number of aryl methyl sites for hydroxylation is 2. The first-order chi connectivity index (χ1) is 14.2. The summed E-state index contributed by atoms with van der Waals surface area (Å²) in [6.45, 7) is 4.50. The van der Waals surface area contributed by atoms with Crippen molar-refractivity contribution in [1.29, 1.82) is 0 Å². The number of halogens is 1. The van der Waals surface area contributed by atoms with E-state index in [2.05, 4.69) is 28.1 Å². The zero-order valence-corrected chi connectivity index (χ0v) is 18.1. The quantitative estimate of drug-likeness (QED) is 0.651. The average Bonchev–Trinajstić information content (AvgIpc) is 3.34. The maximum absolute atomic E-state index is 13.1. The number of carbonyl (C=O) groups excluding carboxylic acids is 1. The van der Waals surface area contributed by atoms with Crippen molar-refractivity contribution < 1.29 is 4.79 Å². The monoisotopic (exact) mass is 427 g/mol. The third-order valence-corrected chi connectivity index (χ3v) is 7.60. The van der Waals surface area contributed by atoms with Crippen LogP contribution in [0.3, 0.4) is 0 Å². The van der Waals surface area contributed by atoms with Gasteiger partial charge in [-0.1, -0.05) is 11.6 Å². The van der Waals surface area contributed by atoms with E-state index in [1.165, 1.54) is 39.9 Å². The van der Waals surface area contributed by atoms with Crippen LogP contribution < -0.4 is 0 Å². The van der Waals surface area contributed by atoms with Crippen LogP contribution in [0.2, 0.25) is 4.34 Å². The second kappa shape index (κ2) is 8.13. The topological polar surface area (TPSA) is 39.3 Å². The Kier molecular flexibility index (Phi) is 5.37. The number of thiophene rings is 1. The highest BCUT2D eigenvalue weighted by Gasteiger charge is 2.23. The Labute approximate surface area is 180 Å². The van der Waals surface area contributed by atoms with Crippen molar-refractivity contribution in [2.75, 3.05) is 32.7 Å². The van der Waals surface area contributed by atoms with Crippen molar-refractivity contribution in [3.05, 3.63) is 56.4 Å². The van der Waals surface area contributed by atoms with E-state index < -0.39 is 0 Å². The number of piperazine rings is 1. The van der Waals surface area contributed by atoms with Crippen molar-refractivity contribution in [2.45, 2.75) is 32.1 Å². The number of hydrogen-bond acceptors (Lipinski definition) is 3. The van der Waals surface area contributed by atoms with Gasteiger partial charge in [-0.05, 0) is 68.0 Å². The van der Waals surface area contributed by atoms with E-state index in [0.29, 0.717) is 0 Å². The molecule has 1 N–H and O–H groups in total. The van der Waals surface area contributed by atoms with Gasteiger partial charge in [-0.15, -0.1) is 11.3 Å². The molecule has 0 radical (unpaired) electrons. The summed E-state index contributed by atoms with van der Waals surface area (Å²) in [7, 11) is 0. The summed E-state index contributed by atoms with van der Waals surface area (Å²) in [5.74, 6) is 0.169. The minimum atomic E-state index is 0.169. The fourth-order valence-electron chi connectivity index (χ4n) is 4.65. The van der Waals surface area contributed by atoms with Crippen LogP contribution in [0, 0.1) is 0 Å². The predicted octanol–water partition coefficient (Wildman–Crippen LogP) is 4.76. The third-order valence-electron chi connectivity index (χ3n) is 6.31. The zero-order valence-electron chi connectivity index (χ0n) is 16.5. The summed E-state index contributed by atoms with van der Waals surface area (Å²) in [6.07, 6.45) is 5.79. The molecule has 1 aliphatic heterocycles. The molecule has 0 spiro atoms. The molecule has 5 rings (SSSR count). The maximum atomic E-state index is 13.1. The van der Waals surface area contributed by atoms with Crippen molar-refractivity contribution in [1.82, 2.24) is 14.8 Å². The van der Waals surface area contributed by atoms with Crippen molar-refractivity contribution in [3.8, 4) is 0 Å². The van der Waals surface area contributed by atoms with Gasteiger partial charge in [-0.25, -0.2) is 0 Å². The molecule has 0 saturated carbocycles. The molecular weight excluding hydrogens is 402 g/mol. The molecule has 3 heterocycles. The molecule has 1 aromatic carbocycles. The van der Waals surface area contributed by atoms with Gasteiger partial charge >= 0.3 is 0 Å². The van der Waals surface area contributed by atoms with Crippen LogP contribution in [0.25, 0.3) is 10.9 Å². The molecule has 1 fully saturated rings. The van der Waals surface area contributed by atoms with E-state index >= 15 is 0 Å². The molecule has 4 nitrogen and oxygen atoms in total.